The number of H-pyrrole nitrogens is 2. The van der Waals surface area contributed by atoms with Crippen molar-refractivity contribution >= 4 is 34.8 Å². The van der Waals surface area contributed by atoms with E-state index in [2.05, 4.69) is 15.0 Å². The number of anilines is 1. The molecule has 1 aromatic carbocycles. The van der Waals surface area contributed by atoms with Crippen LogP contribution < -0.4 is 17.0 Å². The number of hydrogen-bond donors (Lipinski definition) is 6. The molecule has 0 aliphatic heterocycles. The van der Waals surface area contributed by atoms with Crippen molar-refractivity contribution < 1.29 is 24.6 Å². The molecule has 0 aliphatic rings. The third-order valence-corrected chi connectivity index (χ3v) is 4.50. The van der Waals surface area contributed by atoms with Gasteiger partial charge in [0.15, 0.2) is 0 Å². The lowest BCUT2D eigenvalue weighted by Gasteiger charge is -2.02. The highest BCUT2D eigenvalue weighted by Gasteiger charge is 2.07. The maximum absolute atomic E-state index is 11.8. The van der Waals surface area contributed by atoms with Gasteiger partial charge in [-0.2, -0.15) is 4.98 Å². The maximum atomic E-state index is 11.8. The zero-order valence-corrected chi connectivity index (χ0v) is 17.3. The number of aromatic nitrogens is 3. The van der Waals surface area contributed by atoms with Gasteiger partial charge in [-0.15, -0.1) is 0 Å². The summed E-state index contributed by atoms with van der Waals surface area (Å²) >= 11 is 0. The molecule has 1 amide bonds. The minimum absolute atomic E-state index is 0.0632. The first-order valence-electron chi connectivity index (χ1n) is 9.85. The number of nitrogens with zero attached hydrogens (tertiary/aromatic N) is 1. The van der Waals surface area contributed by atoms with Crippen LogP contribution in [0, 0.1) is 0 Å². The highest BCUT2D eigenvalue weighted by atomic mass is 16.4. The fourth-order valence-electron chi connectivity index (χ4n) is 2.94. The first-order valence-corrected chi connectivity index (χ1v) is 9.85. The van der Waals surface area contributed by atoms with Gasteiger partial charge in [-0.3, -0.25) is 24.2 Å². The van der Waals surface area contributed by atoms with Gasteiger partial charge in [0.25, 0.3) is 5.56 Å². The number of benzene rings is 1. The lowest BCUT2D eigenvalue weighted by molar-refractivity contribution is -0.138. The molecule has 0 saturated heterocycles. The van der Waals surface area contributed by atoms with Crippen LogP contribution in [0.2, 0.25) is 0 Å². The predicted molar refractivity (Wildman–Crippen MR) is 117 cm³/mol. The van der Waals surface area contributed by atoms with E-state index in [-0.39, 0.29) is 30.8 Å². The largest absolute Gasteiger partial charge is 0.481 e. The minimum atomic E-state index is -0.948. The molecular weight excluding hydrogens is 418 g/mol. The molecule has 0 atom stereocenters. The summed E-state index contributed by atoms with van der Waals surface area (Å²) in [5.41, 5.74) is 13.6. The van der Waals surface area contributed by atoms with Crippen LogP contribution >= 0.6 is 0 Å². The van der Waals surface area contributed by atoms with Crippen molar-refractivity contribution in [2.45, 2.75) is 38.5 Å². The number of aryl methyl sites for hydroxylation is 2. The number of hydrogen-bond acceptors (Lipinski definition) is 6. The van der Waals surface area contributed by atoms with Crippen LogP contribution in [0.5, 0.6) is 0 Å². The van der Waals surface area contributed by atoms with Gasteiger partial charge in [-0.05, 0) is 49.4 Å². The Kier molecular flexibility index (Phi) is 8.52. The fourth-order valence-corrected chi connectivity index (χ4v) is 2.94. The Bertz CT molecular complexity index is 1140. The number of fused-ring (bicyclic) bond motifs is 1. The number of carbonyl (C=O) groups is 3. The second kappa shape index (κ2) is 11.3. The number of primary amides is 1. The Balaban J connectivity index is 0.000000344. The van der Waals surface area contributed by atoms with E-state index in [0.717, 1.165) is 30.5 Å². The van der Waals surface area contributed by atoms with E-state index in [4.69, 9.17) is 21.7 Å². The van der Waals surface area contributed by atoms with E-state index in [1.807, 2.05) is 12.1 Å². The highest BCUT2D eigenvalue weighted by Crippen LogP contribution is 2.13. The predicted octanol–water partition coefficient (Wildman–Crippen LogP) is 1.43. The molecule has 0 saturated carbocycles. The third-order valence-electron chi connectivity index (χ3n) is 4.50. The zero-order valence-electron chi connectivity index (χ0n) is 17.3. The summed E-state index contributed by atoms with van der Waals surface area (Å²) in [4.78, 5) is 52.0. The van der Waals surface area contributed by atoms with E-state index in [0.29, 0.717) is 16.6 Å². The molecule has 8 N–H and O–H groups in total. The molecule has 0 fully saturated rings. The molecule has 0 aliphatic carbocycles. The summed E-state index contributed by atoms with van der Waals surface area (Å²) in [6, 6.07) is 9.06. The van der Waals surface area contributed by atoms with Crippen molar-refractivity contribution in [2.24, 2.45) is 5.73 Å². The number of nitrogen functional groups attached to an aromatic ring is 1. The molecule has 3 aromatic rings. The number of aromatic amines is 2. The molecule has 32 heavy (non-hydrogen) atoms. The van der Waals surface area contributed by atoms with E-state index in [9.17, 15) is 19.2 Å². The second-order valence-electron chi connectivity index (χ2n) is 7.06. The summed E-state index contributed by atoms with van der Waals surface area (Å²) in [5, 5.41) is 16.6. The average Bonchev–Trinajstić information content (AvgIpc) is 3.11. The molecule has 3 rings (SSSR count). The summed E-state index contributed by atoms with van der Waals surface area (Å²) in [6.45, 7) is 0. The van der Waals surface area contributed by atoms with Crippen molar-refractivity contribution in [3.05, 3.63) is 57.5 Å². The Morgan fingerprint density at radius 1 is 0.938 bits per heavy atom. The lowest BCUT2D eigenvalue weighted by atomic mass is 10.0. The summed E-state index contributed by atoms with van der Waals surface area (Å²) in [5.74, 6) is -2.22. The van der Waals surface area contributed by atoms with Crippen LogP contribution in [0.15, 0.2) is 35.1 Å². The molecule has 11 nitrogen and oxygen atoms in total. The van der Waals surface area contributed by atoms with Crippen LogP contribution in [-0.4, -0.2) is 43.0 Å². The summed E-state index contributed by atoms with van der Waals surface area (Å²) < 4.78 is 0. The average molecular weight is 443 g/mol. The number of carboxylic acid groups (broad SMARTS) is 2. The number of nitrogens with one attached hydrogen (secondary N) is 2. The number of carbonyl (C=O) groups excluding carboxylic acids is 1. The first-order chi connectivity index (χ1) is 15.2. The number of carboxylic acids is 2. The summed E-state index contributed by atoms with van der Waals surface area (Å²) in [6.07, 6.45) is 2.63. The Labute approximate surface area is 182 Å². The molecule has 170 valence electrons. The van der Waals surface area contributed by atoms with Crippen LogP contribution in [0.3, 0.4) is 0 Å². The normalized spacial score (nSPS) is 10.4. The van der Waals surface area contributed by atoms with Crippen molar-refractivity contribution in [3.8, 4) is 0 Å². The zero-order chi connectivity index (χ0) is 23.7. The Morgan fingerprint density at radius 2 is 1.56 bits per heavy atom. The standard InChI is InChI=1S/C16H17N5O2.C5H8O4/c17-13(22)10-6-4-9(5-7-10)2-1-3-11-8-12-14(19-11)20-16(18)21-15(12)23;6-4(7)2-1-3-5(8)9/h4-8H,1-3H2,(H2,17,22)(H4,18,19,20,21,23);1-3H2,(H,6,7)(H,8,9). The molecule has 2 aromatic heterocycles. The first kappa shape index (κ1) is 24.1. The molecule has 0 spiro atoms. The van der Waals surface area contributed by atoms with Gasteiger partial charge in [-0.25, -0.2) is 0 Å². The molecule has 0 unspecified atom stereocenters. The minimum Gasteiger partial charge on any atom is -0.481 e. The van der Waals surface area contributed by atoms with Crippen molar-refractivity contribution in [1.29, 1.82) is 0 Å². The van der Waals surface area contributed by atoms with E-state index >= 15 is 0 Å². The molecule has 0 radical (unpaired) electrons. The van der Waals surface area contributed by atoms with Crippen LogP contribution in [0.1, 0.15) is 47.3 Å². The van der Waals surface area contributed by atoms with E-state index in [1.54, 1.807) is 18.2 Å². The van der Waals surface area contributed by atoms with Gasteiger partial charge in [0.1, 0.15) is 5.65 Å². The quantitative estimate of drug-likeness (QED) is 0.284. The van der Waals surface area contributed by atoms with Gasteiger partial charge >= 0.3 is 11.9 Å². The highest BCUT2D eigenvalue weighted by molar-refractivity contribution is 5.92. The van der Waals surface area contributed by atoms with Crippen molar-refractivity contribution in [2.75, 3.05) is 5.73 Å². The van der Waals surface area contributed by atoms with Gasteiger partial charge in [0.2, 0.25) is 11.9 Å². The Hall–Kier alpha value is -4.15. The monoisotopic (exact) mass is 443 g/mol. The number of rotatable bonds is 9. The Morgan fingerprint density at radius 3 is 2.12 bits per heavy atom. The lowest BCUT2D eigenvalue weighted by Crippen LogP contribution is -2.10. The van der Waals surface area contributed by atoms with Gasteiger partial charge in [0.05, 0.1) is 5.39 Å². The third kappa shape index (κ3) is 7.59. The SMILES string of the molecule is NC(=O)c1ccc(CCCc2cc3c(=O)[nH]c(N)nc3[nH]2)cc1.O=C(O)CCCC(=O)O. The smallest absolute Gasteiger partial charge is 0.303 e. The van der Waals surface area contributed by atoms with Gasteiger partial charge < -0.3 is 26.7 Å². The van der Waals surface area contributed by atoms with E-state index < -0.39 is 17.8 Å². The molecule has 0 bridgehead atoms. The number of aliphatic carboxylic acids is 2. The molecule has 11 heteroatoms. The van der Waals surface area contributed by atoms with Crippen molar-refractivity contribution in [1.82, 2.24) is 15.0 Å². The van der Waals surface area contributed by atoms with Gasteiger partial charge in [-0.1, -0.05) is 12.1 Å². The van der Waals surface area contributed by atoms with Crippen molar-refractivity contribution in [3.63, 3.8) is 0 Å². The number of nitrogens with two attached hydrogens (primary N) is 2. The maximum Gasteiger partial charge on any atom is 0.303 e. The summed E-state index contributed by atoms with van der Waals surface area (Å²) in [7, 11) is 0. The number of amides is 1. The van der Waals surface area contributed by atoms with Crippen LogP contribution in [0.4, 0.5) is 5.95 Å². The topological polar surface area (TPSA) is 205 Å². The van der Waals surface area contributed by atoms with Crippen LogP contribution in [-0.2, 0) is 22.4 Å². The molecule has 2 heterocycles. The van der Waals surface area contributed by atoms with Crippen LogP contribution in [0.25, 0.3) is 11.0 Å². The second-order valence-corrected chi connectivity index (χ2v) is 7.06. The van der Waals surface area contributed by atoms with Gasteiger partial charge in [0, 0.05) is 24.1 Å². The molecular formula is C21H25N5O6. The fraction of sp³-hybridized carbons (Fsp3) is 0.286. The van der Waals surface area contributed by atoms with E-state index in [1.165, 1.54) is 0 Å².